The average molecular weight is 595 g/mol. The van der Waals surface area contributed by atoms with Crippen LogP contribution in [0.2, 0.25) is 0 Å². The second kappa shape index (κ2) is 13.0. The molecule has 0 spiro atoms. The number of rotatable bonds is 6. The molecule has 0 saturated carbocycles. The van der Waals surface area contributed by atoms with Crippen LogP contribution < -0.4 is 31.8 Å². The number of hydrogen-bond acceptors (Lipinski definition) is 0. The molecule has 0 unspecified atom stereocenters. The Labute approximate surface area is 248 Å². The molecule has 0 atom stereocenters. The topological polar surface area (TPSA) is 0 Å². The van der Waals surface area contributed by atoms with E-state index in [1.807, 2.05) is 91.0 Å². The summed E-state index contributed by atoms with van der Waals surface area (Å²) in [6.07, 6.45) is 0. The van der Waals surface area contributed by atoms with E-state index in [2.05, 4.69) is 91.0 Å². The van der Waals surface area contributed by atoms with Crippen molar-refractivity contribution >= 4 is 67.5 Å². The Balaban J connectivity index is 0.000000162. The van der Waals surface area contributed by atoms with E-state index in [4.69, 9.17) is 22.5 Å². The molecule has 0 amide bonds. The molecule has 6 aromatic rings. The molecule has 0 heterocycles. The molecule has 4 heteroatoms. The molecular formula is C36H30Cl2P2. The minimum absolute atomic E-state index is 0.446. The van der Waals surface area contributed by atoms with E-state index in [0.717, 1.165) is 15.9 Å². The second-order valence-corrected chi connectivity index (χ2v) is 19.4. The summed E-state index contributed by atoms with van der Waals surface area (Å²) in [5, 5.41) is 3.65. The first-order chi connectivity index (χ1) is 19.6. The van der Waals surface area contributed by atoms with E-state index in [0.29, 0.717) is 0 Å². The Hall–Kier alpha value is -3.24. The van der Waals surface area contributed by atoms with Gasteiger partial charge in [0, 0.05) is 0 Å². The van der Waals surface area contributed by atoms with Crippen LogP contribution in [-0.2, 0) is 0 Å². The summed E-state index contributed by atoms with van der Waals surface area (Å²) in [6, 6.07) is 62.2. The quantitative estimate of drug-likeness (QED) is 0.170. The molecule has 0 aliphatic carbocycles. The maximum atomic E-state index is 7.27. The van der Waals surface area contributed by atoms with Crippen LogP contribution in [0.15, 0.2) is 182 Å². The van der Waals surface area contributed by atoms with Gasteiger partial charge in [0.2, 0.25) is 0 Å². The third-order valence-corrected chi connectivity index (χ3v) is 16.2. The molecule has 0 bridgehead atoms. The SMILES string of the molecule is ClP(Cl)(c1ccccc1)(c1ccccc1)c1ccccc1.c1ccc(P(c2ccccc2)c2ccccc2)cc1. The van der Waals surface area contributed by atoms with Crippen LogP contribution in [-0.4, -0.2) is 0 Å². The Morgan fingerprint density at radius 1 is 0.300 bits per heavy atom. The van der Waals surface area contributed by atoms with E-state index in [1.165, 1.54) is 15.9 Å². The van der Waals surface area contributed by atoms with Crippen molar-refractivity contribution in [3.05, 3.63) is 182 Å². The molecule has 40 heavy (non-hydrogen) atoms. The summed E-state index contributed by atoms with van der Waals surface area (Å²) in [6.45, 7) is 0. The Morgan fingerprint density at radius 3 is 0.725 bits per heavy atom. The van der Waals surface area contributed by atoms with Gasteiger partial charge >= 0.3 is 135 Å². The Kier molecular flexibility index (Phi) is 9.16. The first-order valence-electron chi connectivity index (χ1n) is 13.1. The monoisotopic (exact) mass is 594 g/mol. The third kappa shape index (κ3) is 6.07. The van der Waals surface area contributed by atoms with Crippen molar-refractivity contribution in [3.8, 4) is 0 Å². The normalized spacial score (nSPS) is 12.0. The Bertz CT molecular complexity index is 1400. The summed E-state index contributed by atoms with van der Waals surface area (Å²) in [5.41, 5.74) is 0. The summed E-state index contributed by atoms with van der Waals surface area (Å²) >= 11 is 14.5. The predicted octanol–water partition coefficient (Wildman–Crippen LogP) is 8.27. The van der Waals surface area contributed by atoms with Crippen molar-refractivity contribution in [1.29, 1.82) is 0 Å². The van der Waals surface area contributed by atoms with Crippen molar-refractivity contribution in [2.75, 3.05) is 0 Å². The van der Waals surface area contributed by atoms with Crippen LogP contribution in [0.4, 0.5) is 0 Å². The van der Waals surface area contributed by atoms with E-state index in [-0.39, 0.29) is 0 Å². The van der Waals surface area contributed by atoms with Crippen molar-refractivity contribution < 1.29 is 0 Å². The number of benzene rings is 6. The van der Waals surface area contributed by atoms with Crippen LogP contribution in [0.3, 0.4) is 0 Å². The van der Waals surface area contributed by atoms with Gasteiger partial charge in [-0.1, -0.05) is 91.0 Å². The minimum Gasteiger partial charge on any atom is -0.0622 e. The van der Waals surface area contributed by atoms with Gasteiger partial charge in [0.05, 0.1) is 0 Å². The van der Waals surface area contributed by atoms with Gasteiger partial charge < -0.3 is 0 Å². The molecule has 0 N–H and O–H groups in total. The van der Waals surface area contributed by atoms with E-state index in [1.54, 1.807) is 0 Å². The van der Waals surface area contributed by atoms with E-state index >= 15 is 0 Å². The first-order valence-corrected chi connectivity index (χ1v) is 18.5. The van der Waals surface area contributed by atoms with Gasteiger partial charge in [-0.15, -0.1) is 0 Å². The summed E-state index contributed by atoms with van der Waals surface area (Å²) < 4.78 is 0. The van der Waals surface area contributed by atoms with Gasteiger partial charge in [0.25, 0.3) is 0 Å². The molecule has 6 aromatic carbocycles. The third-order valence-electron chi connectivity index (χ3n) is 6.67. The van der Waals surface area contributed by atoms with Crippen molar-refractivity contribution in [2.45, 2.75) is 0 Å². The molecule has 0 fully saturated rings. The van der Waals surface area contributed by atoms with Gasteiger partial charge in [-0.05, 0) is 23.8 Å². The predicted molar refractivity (Wildman–Crippen MR) is 182 cm³/mol. The van der Waals surface area contributed by atoms with Crippen molar-refractivity contribution in [2.24, 2.45) is 0 Å². The van der Waals surface area contributed by atoms with E-state index in [9.17, 15) is 0 Å². The van der Waals surface area contributed by atoms with Gasteiger partial charge in [0.1, 0.15) is 0 Å². The zero-order valence-corrected chi connectivity index (χ0v) is 25.3. The van der Waals surface area contributed by atoms with Crippen molar-refractivity contribution in [3.63, 3.8) is 0 Å². The van der Waals surface area contributed by atoms with Crippen LogP contribution in [0, 0.1) is 0 Å². The van der Waals surface area contributed by atoms with Gasteiger partial charge in [0.15, 0.2) is 0 Å². The molecule has 0 nitrogen and oxygen atoms in total. The molecule has 198 valence electrons. The first kappa shape index (κ1) is 28.3. The van der Waals surface area contributed by atoms with Crippen LogP contribution >= 0.6 is 35.7 Å². The minimum atomic E-state index is -3.43. The van der Waals surface area contributed by atoms with Crippen LogP contribution in [0.25, 0.3) is 0 Å². The van der Waals surface area contributed by atoms with Crippen molar-refractivity contribution in [1.82, 2.24) is 0 Å². The molecule has 6 rings (SSSR count). The standard InChI is InChI=1S/C18H15Cl2P.C18H15P/c19-21(20,16-10-4-1-5-11-16,17-12-6-2-7-13-17)18-14-8-3-9-15-18;1-4-10-16(11-5-1)19(17-12-6-2-7-13-17)18-14-8-3-9-15-18/h1-15H;1-15H. The zero-order valence-electron chi connectivity index (χ0n) is 22.0. The summed E-state index contributed by atoms with van der Waals surface area (Å²) in [7, 11) is -0.446. The second-order valence-electron chi connectivity index (χ2n) is 9.26. The zero-order chi connectivity index (χ0) is 27.7. The molecular weight excluding hydrogens is 565 g/mol. The number of halogens is 2. The fourth-order valence-electron chi connectivity index (χ4n) is 4.69. The fourth-order valence-corrected chi connectivity index (χ4v) is 12.0. The molecule has 0 saturated heterocycles. The molecule has 0 radical (unpaired) electrons. The largest absolute Gasteiger partial charge is 0.0622 e. The summed E-state index contributed by atoms with van der Waals surface area (Å²) in [5.74, 6) is 0. The van der Waals surface area contributed by atoms with Gasteiger partial charge in [-0.2, -0.15) is 0 Å². The average Bonchev–Trinajstić information content (AvgIpc) is 3.04. The smallest absolute Gasteiger partial charge is 0.0134 e. The fraction of sp³-hybridized carbons (Fsp3) is 0. The van der Waals surface area contributed by atoms with Crippen LogP contribution in [0.1, 0.15) is 0 Å². The molecule has 0 aliphatic heterocycles. The molecule has 0 aromatic heterocycles. The molecule has 0 aliphatic rings. The van der Waals surface area contributed by atoms with Gasteiger partial charge in [-0.25, -0.2) is 0 Å². The Morgan fingerprint density at radius 2 is 0.500 bits per heavy atom. The summed E-state index contributed by atoms with van der Waals surface area (Å²) in [4.78, 5) is 0. The maximum Gasteiger partial charge on any atom is -0.0134 e. The maximum absolute atomic E-state index is 7.27. The number of hydrogen-bond donors (Lipinski definition) is 0. The van der Waals surface area contributed by atoms with E-state index < -0.39 is 13.2 Å². The van der Waals surface area contributed by atoms with Gasteiger partial charge in [-0.3, -0.25) is 0 Å². The van der Waals surface area contributed by atoms with Crippen LogP contribution in [0.5, 0.6) is 0 Å².